The van der Waals surface area contributed by atoms with E-state index in [1.165, 1.54) is 5.56 Å². The van der Waals surface area contributed by atoms with Crippen LogP contribution in [0.5, 0.6) is 0 Å². The van der Waals surface area contributed by atoms with Gasteiger partial charge in [0.15, 0.2) is 0 Å². The summed E-state index contributed by atoms with van der Waals surface area (Å²) in [4.78, 5) is 21.1. The second-order valence-corrected chi connectivity index (χ2v) is 6.01. The molecule has 1 atom stereocenters. The van der Waals surface area contributed by atoms with Gasteiger partial charge in [0.25, 0.3) is 0 Å². The highest BCUT2D eigenvalue weighted by Gasteiger charge is 2.28. The van der Waals surface area contributed by atoms with Crippen molar-refractivity contribution in [3.8, 4) is 0 Å². The molecule has 1 N–H and O–H groups in total. The molecule has 6 heteroatoms. The zero-order chi connectivity index (χ0) is 14.5. The van der Waals surface area contributed by atoms with Crippen LogP contribution in [0, 0.1) is 5.92 Å². The maximum absolute atomic E-state index is 12.5. The lowest BCUT2D eigenvalue weighted by atomic mass is 9.98. The summed E-state index contributed by atoms with van der Waals surface area (Å²) in [6.07, 6.45) is 5.89. The number of nitrogens with zero attached hydrogens (tertiary/aromatic N) is 3. The summed E-state index contributed by atoms with van der Waals surface area (Å²) in [5, 5.41) is 3.33. The summed E-state index contributed by atoms with van der Waals surface area (Å²) < 4.78 is 0. The molecule has 1 amide bonds. The van der Waals surface area contributed by atoms with Crippen LogP contribution < -0.4 is 5.32 Å². The minimum atomic E-state index is 0. The molecule has 0 saturated carbocycles. The molecule has 0 aromatic carbocycles. The van der Waals surface area contributed by atoms with Crippen LogP contribution in [0.3, 0.4) is 0 Å². The minimum Gasteiger partial charge on any atom is -0.340 e. The monoisotopic (exact) mass is 324 g/mol. The first-order valence-electron chi connectivity index (χ1n) is 7.94. The van der Waals surface area contributed by atoms with Crippen molar-refractivity contribution in [3.63, 3.8) is 0 Å². The van der Waals surface area contributed by atoms with Crippen molar-refractivity contribution in [2.24, 2.45) is 5.92 Å². The van der Waals surface area contributed by atoms with Gasteiger partial charge in [0.2, 0.25) is 5.91 Å². The zero-order valence-electron chi connectivity index (χ0n) is 12.9. The number of hydrogen-bond donors (Lipinski definition) is 1. The molecule has 22 heavy (non-hydrogen) atoms. The highest BCUT2D eigenvalue weighted by atomic mass is 35.5. The first-order chi connectivity index (χ1) is 10.3. The maximum Gasteiger partial charge on any atom is 0.227 e. The molecule has 0 bridgehead atoms. The lowest BCUT2D eigenvalue weighted by molar-refractivity contribution is -0.137. The quantitative estimate of drug-likeness (QED) is 0.906. The van der Waals surface area contributed by atoms with E-state index in [9.17, 15) is 4.79 Å². The Kier molecular flexibility index (Phi) is 6.61. The molecule has 2 aliphatic heterocycles. The van der Waals surface area contributed by atoms with Gasteiger partial charge in [-0.25, -0.2) is 0 Å². The van der Waals surface area contributed by atoms with E-state index >= 15 is 0 Å². The van der Waals surface area contributed by atoms with E-state index in [1.807, 2.05) is 12.3 Å². The lowest BCUT2D eigenvalue weighted by Crippen LogP contribution is -2.51. The Balaban J connectivity index is 0.00000176. The van der Waals surface area contributed by atoms with Crippen molar-refractivity contribution in [2.45, 2.75) is 19.4 Å². The van der Waals surface area contributed by atoms with Gasteiger partial charge in [0.05, 0.1) is 5.92 Å². The summed E-state index contributed by atoms with van der Waals surface area (Å²) >= 11 is 0. The van der Waals surface area contributed by atoms with Crippen LogP contribution in [-0.2, 0) is 11.3 Å². The number of piperazine rings is 1. The molecule has 2 fully saturated rings. The van der Waals surface area contributed by atoms with Crippen molar-refractivity contribution in [1.82, 2.24) is 20.1 Å². The van der Waals surface area contributed by atoms with E-state index in [0.29, 0.717) is 5.91 Å². The second kappa shape index (κ2) is 8.46. The largest absolute Gasteiger partial charge is 0.340 e. The third-order valence-corrected chi connectivity index (χ3v) is 4.46. The van der Waals surface area contributed by atoms with Gasteiger partial charge in [-0.1, -0.05) is 6.07 Å². The highest BCUT2D eigenvalue weighted by molar-refractivity contribution is 5.85. The van der Waals surface area contributed by atoms with Gasteiger partial charge in [-0.3, -0.25) is 14.7 Å². The van der Waals surface area contributed by atoms with Crippen LogP contribution in [0.15, 0.2) is 24.5 Å². The predicted molar refractivity (Wildman–Crippen MR) is 88.9 cm³/mol. The molecule has 0 radical (unpaired) electrons. The summed E-state index contributed by atoms with van der Waals surface area (Å²) in [5.41, 5.74) is 1.24. The molecule has 3 rings (SSSR count). The smallest absolute Gasteiger partial charge is 0.227 e. The number of pyridine rings is 1. The fourth-order valence-electron chi connectivity index (χ4n) is 3.20. The Morgan fingerprint density at radius 3 is 2.77 bits per heavy atom. The predicted octanol–water partition coefficient (Wildman–Crippen LogP) is 1.15. The van der Waals surface area contributed by atoms with Gasteiger partial charge in [-0.05, 0) is 31.0 Å². The van der Waals surface area contributed by atoms with Crippen LogP contribution in [0.25, 0.3) is 0 Å². The van der Waals surface area contributed by atoms with Crippen molar-refractivity contribution in [3.05, 3.63) is 30.1 Å². The number of carbonyl (C=O) groups excluding carboxylic acids is 1. The molecule has 3 heterocycles. The van der Waals surface area contributed by atoms with Crippen LogP contribution in [0.1, 0.15) is 18.4 Å². The number of nitrogens with one attached hydrogen (secondary N) is 1. The van der Waals surface area contributed by atoms with Crippen LogP contribution in [0.4, 0.5) is 0 Å². The van der Waals surface area contributed by atoms with Crippen molar-refractivity contribution < 1.29 is 4.79 Å². The number of hydrogen-bond acceptors (Lipinski definition) is 4. The lowest BCUT2D eigenvalue weighted by Gasteiger charge is -2.37. The minimum absolute atomic E-state index is 0. The van der Waals surface area contributed by atoms with Gasteiger partial charge in [0, 0.05) is 51.7 Å². The van der Waals surface area contributed by atoms with Crippen LogP contribution in [0.2, 0.25) is 0 Å². The summed E-state index contributed by atoms with van der Waals surface area (Å²) in [6, 6.07) is 4.09. The van der Waals surface area contributed by atoms with E-state index in [-0.39, 0.29) is 18.3 Å². The van der Waals surface area contributed by atoms with E-state index < -0.39 is 0 Å². The molecule has 1 aromatic heterocycles. The number of piperidine rings is 1. The van der Waals surface area contributed by atoms with E-state index in [0.717, 1.165) is 58.7 Å². The Bertz CT molecular complexity index is 456. The van der Waals surface area contributed by atoms with Crippen molar-refractivity contribution in [1.29, 1.82) is 0 Å². The zero-order valence-corrected chi connectivity index (χ0v) is 13.7. The van der Waals surface area contributed by atoms with E-state index in [4.69, 9.17) is 0 Å². The molecule has 1 aromatic rings. The van der Waals surface area contributed by atoms with Crippen molar-refractivity contribution >= 4 is 18.3 Å². The first kappa shape index (κ1) is 17.2. The average Bonchev–Trinajstić information content (AvgIpc) is 2.57. The van der Waals surface area contributed by atoms with Gasteiger partial charge in [-0.15, -0.1) is 12.4 Å². The van der Waals surface area contributed by atoms with Gasteiger partial charge in [0.1, 0.15) is 0 Å². The Morgan fingerprint density at radius 2 is 2.14 bits per heavy atom. The number of rotatable bonds is 3. The fourth-order valence-corrected chi connectivity index (χ4v) is 3.20. The molecule has 2 saturated heterocycles. The average molecular weight is 325 g/mol. The van der Waals surface area contributed by atoms with Gasteiger partial charge in [-0.2, -0.15) is 0 Å². The van der Waals surface area contributed by atoms with Gasteiger partial charge < -0.3 is 10.2 Å². The maximum atomic E-state index is 12.5. The van der Waals surface area contributed by atoms with Crippen LogP contribution in [-0.4, -0.2) is 60.0 Å². The number of amides is 1. The summed E-state index contributed by atoms with van der Waals surface area (Å²) in [6.45, 7) is 6.48. The Labute approximate surface area is 138 Å². The van der Waals surface area contributed by atoms with Gasteiger partial charge >= 0.3 is 0 Å². The highest BCUT2D eigenvalue weighted by Crippen LogP contribution is 2.15. The topological polar surface area (TPSA) is 48.5 Å². The number of carbonyl (C=O) groups is 1. The molecule has 0 spiro atoms. The number of aromatic nitrogens is 1. The number of halogens is 1. The SMILES string of the molecule is Cl.O=C([C@@H]1CCCNC1)N1CCN(Cc2cccnc2)CC1. The Morgan fingerprint density at radius 1 is 1.32 bits per heavy atom. The molecular weight excluding hydrogens is 300 g/mol. The normalized spacial score (nSPS) is 22.9. The first-order valence-corrected chi connectivity index (χ1v) is 7.94. The molecule has 5 nitrogen and oxygen atoms in total. The standard InChI is InChI=1S/C16H24N4O.ClH/c21-16(15-4-2-6-18-12-15)20-9-7-19(8-10-20)13-14-3-1-5-17-11-14;/h1,3,5,11,15,18H,2,4,6-10,12-13H2;1H/t15-;/m1./s1. The fraction of sp³-hybridized carbons (Fsp3) is 0.625. The van der Waals surface area contributed by atoms with E-state index in [2.05, 4.69) is 26.2 Å². The molecule has 0 aliphatic carbocycles. The third-order valence-electron chi connectivity index (χ3n) is 4.46. The molecule has 0 unspecified atom stereocenters. The molecule has 122 valence electrons. The molecular formula is C16H25ClN4O. The Hall–Kier alpha value is -1.17. The summed E-state index contributed by atoms with van der Waals surface area (Å²) in [7, 11) is 0. The third kappa shape index (κ3) is 4.41. The second-order valence-electron chi connectivity index (χ2n) is 6.01. The van der Waals surface area contributed by atoms with Crippen LogP contribution >= 0.6 is 12.4 Å². The van der Waals surface area contributed by atoms with Crippen molar-refractivity contribution in [2.75, 3.05) is 39.3 Å². The van der Waals surface area contributed by atoms with E-state index in [1.54, 1.807) is 6.20 Å². The molecule has 2 aliphatic rings. The summed E-state index contributed by atoms with van der Waals surface area (Å²) in [5.74, 6) is 0.548.